The van der Waals surface area contributed by atoms with Gasteiger partial charge in [-0.25, -0.2) is 9.18 Å². The Labute approximate surface area is 173 Å². The average Bonchev–Trinajstić information content (AvgIpc) is 3.22. The molecule has 0 aliphatic heterocycles. The largest absolute Gasteiger partial charge is 0.486 e. The number of hydrogen-bond donors (Lipinski definition) is 0. The second kappa shape index (κ2) is 9.73. The fourth-order valence-corrected chi connectivity index (χ4v) is 2.69. The van der Waals surface area contributed by atoms with Crippen molar-refractivity contribution in [2.24, 2.45) is 0 Å². The summed E-state index contributed by atoms with van der Waals surface area (Å²) in [5, 5.41) is 0. The van der Waals surface area contributed by atoms with Crippen molar-refractivity contribution < 1.29 is 27.9 Å². The third-order valence-corrected chi connectivity index (χ3v) is 4.48. The molecule has 7 heteroatoms. The molecule has 0 aliphatic carbocycles. The SMILES string of the molecule is Cc1ccccc1CN(C)C(=O)COC(=O)c1ccc(COc2ccc(F)cc2)o1. The number of amides is 1. The van der Waals surface area contributed by atoms with Gasteiger partial charge in [0.25, 0.3) is 5.91 Å². The van der Waals surface area contributed by atoms with Gasteiger partial charge in [0.1, 0.15) is 23.9 Å². The van der Waals surface area contributed by atoms with Crippen LogP contribution in [-0.4, -0.2) is 30.4 Å². The van der Waals surface area contributed by atoms with Crippen molar-refractivity contribution in [3.63, 3.8) is 0 Å². The molecule has 0 N–H and O–H groups in total. The van der Waals surface area contributed by atoms with Crippen molar-refractivity contribution in [3.05, 3.63) is 89.1 Å². The molecule has 1 heterocycles. The predicted molar refractivity (Wildman–Crippen MR) is 107 cm³/mol. The van der Waals surface area contributed by atoms with E-state index in [1.165, 1.54) is 35.2 Å². The molecule has 1 aromatic heterocycles. The van der Waals surface area contributed by atoms with Crippen LogP contribution in [-0.2, 0) is 22.7 Å². The molecule has 0 spiro atoms. The van der Waals surface area contributed by atoms with E-state index in [0.29, 0.717) is 18.1 Å². The standard InChI is InChI=1S/C23H22FNO5/c1-16-5-3-4-6-17(16)13-25(2)22(26)15-29-23(27)21-12-11-20(30-21)14-28-19-9-7-18(24)8-10-19/h3-12H,13-15H2,1-2H3. The minimum Gasteiger partial charge on any atom is -0.486 e. The Hall–Kier alpha value is -3.61. The number of carbonyl (C=O) groups excluding carboxylic acids is 2. The van der Waals surface area contributed by atoms with E-state index in [-0.39, 0.29) is 30.7 Å². The van der Waals surface area contributed by atoms with Crippen molar-refractivity contribution in [2.45, 2.75) is 20.1 Å². The Balaban J connectivity index is 1.47. The summed E-state index contributed by atoms with van der Waals surface area (Å²) in [5.41, 5.74) is 2.11. The normalized spacial score (nSPS) is 10.5. The quantitative estimate of drug-likeness (QED) is 0.522. The van der Waals surface area contributed by atoms with Crippen LogP contribution in [0.25, 0.3) is 0 Å². The van der Waals surface area contributed by atoms with E-state index in [4.69, 9.17) is 13.9 Å². The molecule has 6 nitrogen and oxygen atoms in total. The van der Waals surface area contributed by atoms with Crippen molar-refractivity contribution in [1.82, 2.24) is 4.90 Å². The molecule has 0 saturated carbocycles. The zero-order valence-corrected chi connectivity index (χ0v) is 16.8. The number of hydrogen-bond acceptors (Lipinski definition) is 5. The average molecular weight is 411 g/mol. The lowest BCUT2D eigenvalue weighted by atomic mass is 10.1. The van der Waals surface area contributed by atoms with Crippen LogP contribution in [0.4, 0.5) is 4.39 Å². The van der Waals surface area contributed by atoms with Crippen molar-refractivity contribution in [3.8, 4) is 5.75 Å². The Morgan fingerprint density at radius 1 is 1.03 bits per heavy atom. The lowest BCUT2D eigenvalue weighted by molar-refractivity contribution is -0.133. The Kier molecular flexibility index (Phi) is 6.85. The number of ether oxygens (including phenoxy) is 2. The van der Waals surface area contributed by atoms with Gasteiger partial charge in [-0.1, -0.05) is 24.3 Å². The van der Waals surface area contributed by atoms with Gasteiger partial charge in [-0.2, -0.15) is 0 Å². The minimum atomic E-state index is -0.735. The molecule has 0 bridgehead atoms. The maximum Gasteiger partial charge on any atom is 0.374 e. The number of carbonyl (C=O) groups is 2. The molecule has 3 rings (SSSR count). The summed E-state index contributed by atoms with van der Waals surface area (Å²) in [6.07, 6.45) is 0. The Morgan fingerprint density at radius 3 is 2.50 bits per heavy atom. The lowest BCUT2D eigenvalue weighted by Gasteiger charge is -2.18. The summed E-state index contributed by atoms with van der Waals surface area (Å²) < 4.78 is 28.8. The van der Waals surface area contributed by atoms with Gasteiger partial charge in [-0.05, 0) is 54.4 Å². The summed E-state index contributed by atoms with van der Waals surface area (Å²) in [4.78, 5) is 25.9. The molecule has 0 unspecified atom stereocenters. The van der Waals surface area contributed by atoms with E-state index in [2.05, 4.69) is 0 Å². The fourth-order valence-electron chi connectivity index (χ4n) is 2.69. The number of nitrogens with zero attached hydrogens (tertiary/aromatic N) is 1. The monoisotopic (exact) mass is 411 g/mol. The summed E-state index contributed by atoms with van der Waals surface area (Å²) in [5.74, 6) is -0.571. The maximum absolute atomic E-state index is 12.9. The molecule has 3 aromatic rings. The molecule has 2 aromatic carbocycles. The van der Waals surface area contributed by atoms with Gasteiger partial charge in [-0.15, -0.1) is 0 Å². The first-order chi connectivity index (χ1) is 14.4. The van der Waals surface area contributed by atoms with Gasteiger partial charge < -0.3 is 18.8 Å². The van der Waals surface area contributed by atoms with Crippen molar-refractivity contribution >= 4 is 11.9 Å². The molecule has 156 valence electrons. The van der Waals surface area contributed by atoms with Crippen LogP contribution in [0.2, 0.25) is 0 Å². The third kappa shape index (κ3) is 5.70. The van der Waals surface area contributed by atoms with Gasteiger partial charge in [-0.3, -0.25) is 4.79 Å². The zero-order valence-electron chi connectivity index (χ0n) is 16.8. The van der Waals surface area contributed by atoms with Gasteiger partial charge in [0.05, 0.1) is 0 Å². The molecule has 0 aliphatic rings. The number of halogens is 1. The molecule has 0 radical (unpaired) electrons. The number of likely N-dealkylation sites (N-methyl/N-ethyl adjacent to an activating group) is 1. The highest BCUT2D eigenvalue weighted by Crippen LogP contribution is 2.16. The van der Waals surface area contributed by atoms with Crippen LogP contribution in [0, 0.1) is 12.7 Å². The summed E-state index contributed by atoms with van der Waals surface area (Å²) in [6, 6.07) is 16.4. The van der Waals surface area contributed by atoms with Crippen LogP contribution in [0.15, 0.2) is 65.1 Å². The molecular formula is C23H22FNO5. The van der Waals surface area contributed by atoms with E-state index >= 15 is 0 Å². The van der Waals surface area contributed by atoms with Gasteiger partial charge in [0.2, 0.25) is 5.76 Å². The number of furan rings is 1. The van der Waals surface area contributed by atoms with Gasteiger partial charge in [0.15, 0.2) is 6.61 Å². The van der Waals surface area contributed by atoms with E-state index in [1.807, 2.05) is 31.2 Å². The molecule has 0 saturated heterocycles. The number of esters is 1. The van der Waals surface area contributed by atoms with E-state index in [1.54, 1.807) is 13.1 Å². The smallest absolute Gasteiger partial charge is 0.374 e. The van der Waals surface area contributed by atoms with E-state index in [0.717, 1.165) is 11.1 Å². The van der Waals surface area contributed by atoms with Crippen LogP contribution < -0.4 is 4.74 Å². The van der Waals surface area contributed by atoms with Crippen LogP contribution in [0.1, 0.15) is 27.4 Å². The maximum atomic E-state index is 12.9. The predicted octanol–water partition coefficient (Wildman–Crippen LogP) is 4.12. The first-order valence-corrected chi connectivity index (χ1v) is 9.35. The molecule has 30 heavy (non-hydrogen) atoms. The third-order valence-electron chi connectivity index (χ3n) is 4.48. The highest BCUT2D eigenvalue weighted by Gasteiger charge is 2.17. The number of benzene rings is 2. The van der Waals surface area contributed by atoms with Crippen LogP contribution in [0.5, 0.6) is 5.75 Å². The zero-order chi connectivity index (χ0) is 21.5. The second-order valence-corrected chi connectivity index (χ2v) is 6.76. The summed E-state index contributed by atoms with van der Waals surface area (Å²) in [6.45, 7) is 2.08. The fraction of sp³-hybridized carbons (Fsp3) is 0.217. The lowest BCUT2D eigenvalue weighted by Crippen LogP contribution is -2.31. The highest BCUT2D eigenvalue weighted by atomic mass is 19.1. The number of rotatable bonds is 8. The van der Waals surface area contributed by atoms with Crippen molar-refractivity contribution in [2.75, 3.05) is 13.7 Å². The molecule has 0 atom stereocenters. The van der Waals surface area contributed by atoms with Crippen LogP contribution in [0.3, 0.4) is 0 Å². The topological polar surface area (TPSA) is 69.0 Å². The number of aryl methyl sites for hydroxylation is 1. The first kappa shape index (κ1) is 21.1. The Morgan fingerprint density at radius 2 is 1.77 bits per heavy atom. The summed E-state index contributed by atoms with van der Waals surface area (Å²) in [7, 11) is 1.65. The van der Waals surface area contributed by atoms with E-state index < -0.39 is 5.97 Å². The molecular weight excluding hydrogens is 389 g/mol. The van der Waals surface area contributed by atoms with Crippen LogP contribution >= 0.6 is 0 Å². The molecule has 0 fully saturated rings. The van der Waals surface area contributed by atoms with Gasteiger partial charge >= 0.3 is 5.97 Å². The first-order valence-electron chi connectivity index (χ1n) is 9.35. The van der Waals surface area contributed by atoms with Crippen molar-refractivity contribution in [1.29, 1.82) is 0 Å². The Bertz CT molecular complexity index is 1010. The minimum absolute atomic E-state index is 0.0259. The highest BCUT2D eigenvalue weighted by molar-refractivity contribution is 5.88. The van der Waals surface area contributed by atoms with E-state index in [9.17, 15) is 14.0 Å². The second-order valence-electron chi connectivity index (χ2n) is 6.76. The molecule has 1 amide bonds. The van der Waals surface area contributed by atoms with Gasteiger partial charge in [0, 0.05) is 13.6 Å². The summed E-state index contributed by atoms with van der Waals surface area (Å²) >= 11 is 0.